The van der Waals surface area contributed by atoms with Crippen LogP contribution in [0, 0.1) is 0 Å². The smallest absolute Gasteiger partial charge is 0.318 e. The molecule has 0 aromatic carbocycles. The van der Waals surface area contributed by atoms with E-state index in [-0.39, 0.29) is 0 Å². The van der Waals surface area contributed by atoms with Crippen molar-refractivity contribution in [2.45, 2.75) is 26.8 Å². The molecule has 5 heteroatoms. The Labute approximate surface area is 102 Å². The third-order valence-electron chi connectivity index (χ3n) is 3.14. The second-order valence-corrected chi connectivity index (χ2v) is 4.06. The van der Waals surface area contributed by atoms with Gasteiger partial charge in [-0.2, -0.15) is 9.97 Å². The Morgan fingerprint density at radius 2 is 2.06 bits per heavy atom. The Bertz CT molecular complexity index is 390. The topological polar surface area (TPSA) is 50.3 Å². The summed E-state index contributed by atoms with van der Waals surface area (Å²) in [6.45, 7) is 8.00. The van der Waals surface area contributed by atoms with Crippen LogP contribution in [0.2, 0.25) is 0 Å². The van der Waals surface area contributed by atoms with Crippen molar-refractivity contribution in [2.24, 2.45) is 0 Å². The summed E-state index contributed by atoms with van der Waals surface area (Å²) in [4.78, 5) is 11.2. The summed E-state index contributed by atoms with van der Waals surface area (Å²) >= 11 is 0. The monoisotopic (exact) mass is 236 g/mol. The fraction of sp³-hybridized carbons (Fsp3) is 0.667. The zero-order valence-corrected chi connectivity index (χ0v) is 10.8. The van der Waals surface area contributed by atoms with Crippen LogP contribution in [0.3, 0.4) is 0 Å². The van der Waals surface area contributed by atoms with E-state index in [1.54, 1.807) is 7.11 Å². The van der Waals surface area contributed by atoms with Crippen LogP contribution < -0.4 is 15.0 Å². The lowest BCUT2D eigenvalue weighted by Crippen LogP contribution is -2.31. The molecule has 0 unspecified atom stereocenters. The lowest BCUT2D eigenvalue weighted by Gasteiger charge is -2.26. The number of rotatable bonds is 4. The van der Waals surface area contributed by atoms with Gasteiger partial charge in [0.2, 0.25) is 0 Å². The first-order valence-electron chi connectivity index (χ1n) is 6.19. The summed E-state index contributed by atoms with van der Waals surface area (Å²) in [5.74, 6) is 1.02. The molecule has 2 rings (SSSR count). The normalized spacial score (nSPS) is 14.3. The number of hydrogen-bond donors (Lipinski definition) is 1. The summed E-state index contributed by atoms with van der Waals surface area (Å²) < 4.78 is 5.19. The summed E-state index contributed by atoms with van der Waals surface area (Å²) in [5.41, 5.74) is 2.35. The van der Waals surface area contributed by atoms with Crippen molar-refractivity contribution in [1.29, 1.82) is 0 Å². The molecule has 1 aliphatic heterocycles. The molecule has 5 nitrogen and oxygen atoms in total. The maximum Gasteiger partial charge on any atom is 0.318 e. The summed E-state index contributed by atoms with van der Waals surface area (Å²) in [7, 11) is 1.62. The first-order valence-corrected chi connectivity index (χ1v) is 6.19. The Morgan fingerprint density at radius 1 is 1.29 bits per heavy atom. The van der Waals surface area contributed by atoms with Gasteiger partial charge in [0.15, 0.2) is 0 Å². The molecule has 0 amide bonds. The molecule has 1 aliphatic rings. The van der Waals surface area contributed by atoms with E-state index in [1.807, 2.05) is 0 Å². The van der Waals surface area contributed by atoms with Gasteiger partial charge in [-0.15, -0.1) is 0 Å². The zero-order valence-electron chi connectivity index (χ0n) is 10.8. The third kappa shape index (κ3) is 2.34. The molecule has 0 atom stereocenters. The van der Waals surface area contributed by atoms with Crippen molar-refractivity contribution in [2.75, 3.05) is 31.6 Å². The minimum Gasteiger partial charge on any atom is -0.467 e. The van der Waals surface area contributed by atoms with E-state index < -0.39 is 0 Å². The Morgan fingerprint density at radius 3 is 2.71 bits per heavy atom. The lowest BCUT2D eigenvalue weighted by molar-refractivity contribution is 0.376. The highest BCUT2D eigenvalue weighted by molar-refractivity contribution is 5.50. The highest BCUT2D eigenvalue weighted by Crippen LogP contribution is 2.25. The van der Waals surface area contributed by atoms with Crippen LogP contribution in [-0.4, -0.2) is 36.7 Å². The van der Waals surface area contributed by atoms with Gasteiger partial charge >= 0.3 is 6.01 Å². The van der Waals surface area contributed by atoms with Crippen molar-refractivity contribution in [3.05, 3.63) is 11.3 Å². The first kappa shape index (κ1) is 12.1. The molecule has 0 radical (unpaired) electrons. The lowest BCUT2D eigenvalue weighted by atomic mass is 10.1. The molecular weight excluding hydrogens is 216 g/mol. The van der Waals surface area contributed by atoms with Gasteiger partial charge in [-0.3, -0.25) is 0 Å². The summed E-state index contributed by atoms with van der Waals surface area (Å²) in [6.07, 6.45) is 0.947. The quantitative estimate of drug-likeness (QED) is 0.844. The van der Waals surface area contributed by atoms with E-state index in [2.05, 4.69) is 34.0 Å². The van der Waals surface area contributed by atoms with Crippen LogP contribution >= 0.6 is 0 Å². The fourth-order valence-electron chi connectivity index (χ4n) is 2.18. The number of hydrogen-bond acceptors (Lipinski definition) is 5. The Kier molecular flexibility index (Phi) is 3.78. The first-order chi connectivity index (χ1) is 8.30. The summed E-state index contributed by atoms with van der Waals surface area (Å²) in [6, 6.07) is 0.479. The predicted octanol–water partition coefficient (Wildman–Crippen LogP) is 0.977. The second-order valence-electron chi connectivity index (χ2n) is 4.06. The van der Waals surface area contributed by atoms with Crippen LogP contribution in [-0.2, 0) is 13.0 Å². The number of nitrogens with zero attached hydrogens (tertiary/aromatic N) is 3. The van der Waals surface area contributed by atoms with Crippen LogP contribution in [0.5, 0.6) is 6.01 Å². The van der Waals surface area contributed by atoms with Gasteiger partial charge in [-0.1, -0.05) is 0 Å². The summed E-state index contributed by atoms with van der Waals surface area (Å²) in [5, 5.41) is 3.37. The van der Waals surface area contributed by atoms with Crippen molar-refractivity contribution in [3.63, 3.8) is 0 Å². The minimum absolute atomic E-state index is 0.479. The van der Waals surface area contributed by atoms with Gasteiger partial charge in [-0.05, 0) is 13.8 Å². The predicted molar refractivity (Wildman–Crippen MR) is 67.6 cm³/mol. The Balaban J connectivity index is 2.47. The number of fused-ring (bicyclic) bond motifs is 1. The molecule has 17 heavy (non-hydrogen) atoms. The van der Waals surface area contributed by atoms with E-state index in [0.29, 0.717) is 6.01 Å². The largest absolute Gasteiger partial charge is 0.467 e. The van der Waals surface area contributed by atoms with Gasteiger partial charge in [-0.25, -0.2) is 0 Å². The second kappa shape index (κ2) is 5.31. The minimum atomic E-state index is 0.479. The van der Waals surface area contributed by atoms with Crippen molar-refractivity contribution < 1.29 is 4.74 Å². The zero-order chi connectivity index (χ0) is 12.3. The van der Waals surface area contributed by atoms with E-state index in [1.165, 1.54) is 5.56 Å². The van der Waals surface area contributed by atoms with E-state index in [4.69, 9.17) is 4.74 Å². The van der Waals surface area contributed by atoms with Gasteiger partial charge in [0.25, 0.3) is 0 Å². The molecular formula is C12H20N4O. The van der Waals surface area contributed by atoms with Crippen LogP contribution in [0.4, 0.5) is 5.82 Å². The highest BCUT2D eigenvalue weighted by atomic mass is 16.5. The van der Waals surface area contributed by atoms with Gasteiger partial charge in [0.05, 0.1) is 12.8 Å². The molecule has 0 spiro atoms. The van der Waals surface area contributed by atoms with Gasteiger partial charge in [0, 0.05) is 38.2 Å². The molecule has 1 N–H and O–H groups in total. The molecule has 94 valence electrons. The molecule has 2 heterocycles. The number of methoxy groups -OCH3 is 1. The molecule has 0 saturated heterocycles. The maximum absolute atomic E-state index is 5.19. The third-order valence-corrected chi connectivity index (χ3v) is 3.14. The van der Waals surface area contributed by atoms with Crippen LogP contribution in [0.1, 0.15) is 25.1 Å². The van der Waals surface area contributed by atoms with Crippen LogP contribution in [0.15, 0.2) is 0 Å². The number of nitrogens with one attached hydrogen (secondary N) is 1. The molecule has 0 bridgehead atoms. The molecule has 0 saturated carbocycles. The number of ether oxygens (including phenoxy) is 1. The van der Waals surface area contributed by atoms with Crippen molar-refractivity contribution in [1.82, 2.24) is 15.3 Å². The fourth-order valence-corrected chi connectivity index (χ4v) is 2.18. The molecule has 1 aromatic rings. The molecule has 0 aliphatic carbocycles. The highest BCUT2D eigenvalue weighted by Gasteiger charge is 2.20. The molecule has 1 aromatic heterocycles. The van der Waals surface area contributed by atoms with Gasteiger partial charge < -0.3 is 15.0 Å². The van der Waals surface area contributed by atoms with Gasteiger partial charge in [0.1, 0.15) is 5.82 Å². The average molecular weight is 236 g/mol. The number of aromatic nitrogens is 2. The SMILES string of the molecule is CCN(CC)c1nc(OC)nc2c1CNCC2. The van der Waals surface area contributed by atoms with E-state index in [0.717, 1.165) is 44.1 Å². The average Bonchev–Trinajstić information content (AvgIpc) is 2.39. The van der Waals surface area contributed by atoms with Crippen molar-refractivity contribution in [3.8, 4) is 6.01 Å². The van der Waals surface area contributed by atoms with E-state index >= 15 is 0 Å². The van der Waals surface area contributed by atoms with E-state index in [9.17, 15) is 0 Å². The standard InChI is InChI=1S/C12H20N4O/c1-4-16(5-2)11-9-8-13-7-6-10(9)14-12(15-11)17-3/h13H,4-8H2,1-3H3. The Hall–Kier alpha value is -1.36. The number of anilines is 1. The van der Waals surface area contributed by atoms with Crippen molar-refractivity contribution >= 4 is 5.82 Å². The molecule has 0 fully saturated rings. The van der Waals surface area contributed by atoms with Crippen LogP contribution in [0.25, 0.3) is 0 Å². The maximum atomic E-state index is 5.19.